The predicted octanol–water partition coefficient (Wildman–Crippen LogP) is 2.32. The molecule has 0 atom stereocenters. The van der Waals surface area contributed by atoms with Crippen molar-refractivity contribution in [2.75, 3.05) is 7.11 Å². The molecule has 4 nitrogen and oxygen atoms in total. The second-order valence-corrected chi connectivity index (χ2v) is 3.46. The number of carboxylic acid groups (broad SMARTS) is 1. The highest BCUT2D eigenvalue weighted by Gasteiger charge is 2.19. The van der Waals surface area contributed by atoms with Gasteiger partial charge in [0.2, 0.25) is 0 Å². The zero-order chi connectivity index (χ0) is 12.3. The average Bonchev–Trinajstić information content (AvgIpc) is 2.19. The molecular formula is C11H13FO4. The minimum Gasteiger partial charge on any atom is -0.497 e. The van der Waals surface area contributed by atoms with Crippen LogP contribution in [0, 0.1) is 5.82 Å². The standard InChI is InChI=1S/C11H13FO4/c1-6(2)16-10-8(11(13)14)4-7(15-3)5-9(10)12/h4-6H,1-3H3,(H,13,14). The molecular weight excluding hydrogens is 215 g/mol. The van der Waals surface area contributed by atoms with Gasteiger partial charge in [-0.25, -0.2) is 9.18 Å². The van der Waals surface area contributed by atoms with Gasteiger partial charge in [0, 0.05) is 6.07 Å². The largest absolute Gasteiger partial charge is 0.497 e. The highest BCUT2D eigenvalue weighted by atomic mass is 19.1. The van der Waals surface area contributed by atoms with Crippen LogP contribution in [0.25, 0.3) is 0 Å². The molecule has 0 spiro atoms. The van der Waals surface area contributed by atoms with Crippen LogP contribution >= 0.6 is 0 Å². The van der Waals surface area contributed by atoms with Gasteiger partial charge in [0.25, 0.3) is 0 Å². The molecule has 0 saturated heterocycles. The van der Waals surface area contributed by atoms with Crippen molar-refractivity contribution in [2.24, 2.45) is 0 Å². The number of carbonyl (C=O) groups is 1. The van der Waals surface area contributed by atoms with Crippen molar-refractivity contribution in [1.29, 1.82) is 0 Å². The maximum Gasteiger partial charge on any atom is 0.339 e. The summed E-state index contributed by atoms with van der Waals surface area (Å²) in [6.45, 7) is 3.38. The minimum atomic E-state index is -1.26. The topological polar surface area (TPSA) is 55.8 Å². The Morgan fingerprint density at radius 3 is 2.50 bits per heavy atom. The smallest absolute Gasteiger partial charge is 0.339 e. The van der Waals surface area contributed by atoms with E-state index in [0.29, 0.717) is 0 Å². The quantitative estimate of drug-likeness (QED) is 0.859. The van der Waals surface area contributed by atoms with Crippen molar-refractivity contribution >= 4 is 5.97 Å². The van der Waals surface area contributed by atoms with Crippen molar-refractivity contribution in [3.05, 3.63) is 23.5 Å². The fourth-order valence-corrected chi connectivity index (χ4v) is 1.20. The van der Waals surface area contributed by atoms with Crippen LogP contribution in [0.5, 0.6) is 11.5 Å². The Morgan fingerprint density at radius 2 is 2.06 bits per heavy atom. The first kappa shape index (κ1) is 12.3. The lowest BCUT2D eigenvalue weighted by atomic mass is 10.2. The third-order valence-corrected chi connectivity index (χ3v) is 1.84. The van der Waals surface area contributed by atoms with Gasteiger partial charge in [0.05, 0.1) is 13.2 Å². The first-order valence-electron chi connectivity index (χ1n) is 4.73. The molecule has 88 valence electrons. The number of rotatable bonds is 4. The summed E-state index contributed by atoms with van der Waals surface area (Å²) >= 11 is 0. The Kier molecular flexibility index (Phi) is 3.71. The van der Waals surface area contributed by atoms with Crippen molar-refractivity contribution in [3.8, 4) is 11.5 Å². The van der Waals surface area contributed by atoms with Gasteiger partial charge in [-0.15, -0.1) is 0 Å². The number of carboxylic acids is 1. The van der Waals surface area contributed by atoms with E-state index >= 15 is 0 Å². The molecule has 0 unspecified atom stereocenters. The van der Waals surface area contributed by atoms with Crippen LogP contribution in [0.1, 0.15) is 24.2 Å². The second-order valence-electron chi connectivity index (χ2n) is 3.46. The molecule has 1 rings (SSSR count). The monoisotopic (exact) mass is 228 g/mol. The number of methoxy groups -OCH3 is 1. The molecule has 1 N–H and O–H groups in total. The number of aromatic carboxylic acids is 1. The van der Waals surface area contributed by atoms with Gasteiger partial charge in [0.1, 0.15) is 11.3 Å². The zero-order valence-corrected chi connectivity index (χ0v) is 9.28. The van der Waals surface area contributed by atoms with Crippen LogP contribution in [-0.2, 0) is 0 Å². The highest BCUT2D eigenvalue weighted by Crippen LogP contribution is 2.29. The van der Waals surface area contributed by atoms with Gasteiger partial charge in [-0.05, 0) is 19.9 Å². The van der Waals surface area contributed by atoms with Gasteiger partial charge in [-0.3, -0.25) is 0 Å². The van der Waals surface area contributed by atoms with E-state index in [2.05, 4.69) is 0 Å². The summed E-state index contributed by atoms with van der Waals surface area (Å²) in [5.74, 6) is -2.12. The van der Waals surface area contributed by atoms with Crippen LogP contribution < -0.4 is 9.47 Å². The molecule has 0 aliphatic heterocycles. The maximum absolute atomic E-state index is 13.5. The fourth-order valence-electron chi connectivity index (χ4n) is 1.20. The zero-order valence-electron chi connectivity index (χ0n) is 9.28. The summed E-state index contributed by atoms with van der Waals surface area (Å²) in [4.78, 5) is 10.9. The Morgan fingerprint density at radius 1 is 1.44 bits per heavy atom. The molecule has 0 fully saturated rings. The lowest BCUT2D eigenvalue weighted by Gasteiger charge is -2.14. The summed E-state index contributed by atoms with van der Waals surface area (Å²) in [6, 6.07) is 2.31. The molecule has 16 heavy (non-hydrogen) atoms. The van der Waals surface area contributed by atoms with Crippen LogP contribution in [-0.4, -0.2) is 24.3 Å². The van der Waals surface area contributed by atoms with Crippen LogP contribution in [0.4, 0.5) is 4.39 Å². The summed E-state index contributed by atoms with van der Waals surface area (Å²) in [5.41, 5.74) is -0.245. The number of halogens is 1. The molecule has 1 aromatic rings. The fraction of sp³-hybridized carbons (Fsp3) is 0.364. The van der Waals surface area contributed by atoms with E-state index in [-0.39, 0.29) is 23.2 Å². The van der Waals surface area contributed by atoms with Gasteiger partial charge in [0.15, 0.2) is 11.6 Å². The first-order chi connectivity index (χ1) is 7.45. The third-order valence-electron chi connectivity index (χ3n) is 1.84. The van der Waals surface area contributed by atoms with Gasteiger partial charge in [-0.2, -0.15) is 0 Å². The Balaban J connectivity index is 3.28. The van der Waals surface area contributed by atoms with E-state index in [1.807, 2.05) is 0 Å². The maximum atomic E-state index is 13.5. The molecule has 0 aliphatic carbocycles. The van der Waals surface area contributed by atoms with Crippen molar-refractivity contribution in [2.45, 2.75) is 20.0 Å². The molecule has 0 bridgehead atoms. The van der Waals surface area contributed by atoms with Gasteiger partial charge < -0.3 is 14.6 Å². The average molecular weight is 228 g/mol. The van der Waals surface area contributed by atoms with E-state index in [0.717, 1.165) is 6.07 Å². The Labute approximate surface area is 92.6 Å². The normalized spacial score (nSPS) is 10.3. The molecule has 0 heterocycles. The predicted molar refractivity (Wildman–Crippen MR) is 55.7 cm³/mol. The van der Waals surface area contributed by atoms with Crippen LogP contribution in [0.3, 0.4) is 0 Å². The van der Waals surface area contributed by atoms with Crippen LogP contribution in [0.2, 0.25) is 0 Å². The summed E-state index contributed by atoms with van der Waals surface area (Å²) in [7, 11) is 1.34. The number of hydrogen-bond acceptors (Lipinski definition) is 3. The Bertz CT molecular complexity index is 401. The second kappa shape index (κ2) is 4.83. The number of hydrogen-bond donors (Lipinski definition) is 1. The van der Waals surface area contributed by atoms with E-state index in [4.69, 9.17) is 14.6 Å². The minimum absolute atomic E-state index is 0.144. The van der Waals surface area contributed by atoms with E-state index in [9.17, 15) is 9.18 Å². The molecule has 0 amide bonds. The van der Waals surface area contributed by atoms with Crippen molar-refractivity contribution in [3.63, 3.8) is 0 Å². The van der Waals surface area contributed by atoms with Crippen LogP contribution in [0.15, 0.2) is 12.1 Å². The highest BCUT2D eigenvalue weighted by molar-refractivity contribution is 5.91. The van der Waals surface area contributed by atoms with E-state index < -0.39 is 11.8 Å². The number of ether oxygens (including phenoxy) is 2. The molecule has 0 saturated carbocycles. The van der Waals surface area contributed by atoms with Crippen molar-refractivity contribution < 1.29 is 23.8 Å². The van der Waals surface area contributed by atoms with Crippen molar-refractivity contribution in [1.82, 2.24) is 0 Å². The van der Waals surface area contributed by atoms with Gasteiger partial charge in [-0.1, -0.05) is 0 Å². The van der Waals surface area contributed by atoms with E-state index in [1.54, 1.807) is 13.8 Å². The SMILES string of the molecule is COc1cc(F)c(OC(C)C)c(C(=O)O)c1. The molecule has 1 aromatic carbocycles. The summed E-state index contributed by atoms with van der Waals surface area (Å²) in [6.07, 6.45) is -0.305. The molecule has 0 radical (unpaired) electrons. The van der Waals surface area contributed by atoms with E-state index in [1.165, 1.54) is 13.2 Å². The summed E-state index contributed by atoms with van der Waals surface area (Å²) in [5, 5.41) is 8.92. The first-order valence-corrected chi connectivity index (χ1v) is 4.73. The number of benzene rings is 1. The van der Waals surface area contributed by atoms with Gasteiger partial charge >= 0.3 is 5.97 Å². The molecule has 5 heteroatoms. The Hall–Kier alpha value is -1.78. The molecule has 0 aromatic heterocycles. The summed E-state index contributed by atoms with van der Waals surface area (Å²) < 4.78 is 23.5. The third kappa shape index (κ3) is 2.62. The molecule has 0 aliphatic rings. The lowest BCUT2D eigenvalue weighted by Crippen LogP contribution is -2.11. The lowest BCUT2D eigenvalue weighted by molar-refractivity contribution is 0.0688.